The second kappa shape index (κ2) is 7.41. The van der Waals surface area contributed by atoms with Gasteiger partial charge in [0.15, 0.2) is 0 Å². The van der Waals surface area contributed by atoms with Gasteiger partial charge in [-0.15, -0.1) is 0 Å². The minimum Gasteiger partial charge on any atom is -0.494 e. The molecule has 0 amide bonds. The molecule has 0 aliphatic heterocycles. The molecule has 0 radical (unpaired) electrons. The van der Waals surface area contributed by atoms with Crippen LogP contribution in [0, 0.1) is 6.92 Å². The van der Waals surface area contributed by atoms with E-state index in [1.54, 1.807) is 14.2 Å². The minimum atomic E-state index is 0.529. The predicted octanol–water partition coefficient (Wildman–Crippen LogP) is 4.54. The number of benzene rings is 1. The van der Waals surface area contributed by atoms with Gasteiger partial charge in [0, 0.05) is 6.04 Å². The Labute approximate surface area is 122 Å². The first-order valence-corrected chi connectivity index (χ1v) is 7.73. The van der Waals surface area contributed by atoms with Crippen LogP contribution in [0.2, 0.25) is 0 Å². The Kier molecular flexibility index (Phi) is 5.57. The van der Waals surface area contributed by atoms with Gasteiger partial charge in [0.1, 0.15) is 17.2 Å². The third-order valence-corrected chi connectivity index (χ3v) is 4.10. The van der Waals surface area contributed by atoms with E-state index in [9.17, 15) is 0 Å². The summed E-state index contributed by atoms with van der Waals surface area (Å²) >= 11 is 0. The van der Waals surface area contributed by atoms with Crippen LogP contribution in [0.25, 0.3) is 0 Å². The molecule has 2 rings (SSSR count). The largest absolute Gasteiger partial charge is 0.494 e. The molecule has 0 atom stereocenters. The van der Waals surface area contributed by atoms with Crippen molar-refractivity contribution in [3.8, 4) is 11.5 Å². The monoisotopic (exact) mass is 277 g/mol. The van der Waals surface area contributed by atoms with Crippen LogP contribution in [0.5, 0.6) is 11.5 Å². The maximum atomic E-state index is 5.52. The molecule has 0 unspecified atom stereocenters. The third-order valence-electron chi connectivity index (χ3n) is 4.10. The maximum absolute atomic E-state index is 5.52. The van der Waals surface area contributed by atoms with Crippen LogP contribution in [0.3, 0.4) is 0 Å². The van der Waals surface area contributed by atoms with Crippen molar-refractivity contribution in [2.45, 2.75) is 57.9 Å². The summed E-state index contributed by atoms with van der Waals surface area (Å²) in [5, 5.41) is 3.66. The summed E-state index contributed by atoms with van der Waals surface area (Å²) in [7, 11) is 3.44. The lowest BCUT2D eigenvalue weighted by Gasteiger charge is -2.24. The zero-order chi connectivity index (χ0) is 14.4. The molecular formula is C17H27NO2. The topological polar surface area (TPSA) is 30.5 Å². The molecule has 20 heavy (non-hydrogen) atoms. The maximum Gasteiger partial charge on any atom is 0.146 e. The lowest BCUT2D eigenvalue weighted by molar-refractivity contribution is 0.393. The number of ether oxygens (including phenoxy) is 2. The molecule has 1 aromatic rings. The van der Waals surface area contributed by atoms with Gasteiger partial charge in [0.25, 0.3) is 0 Å². The second-order valence-corrected chi connectivity index (χ2v) is 5.73. The number of hydrogen-bond acceptors (Lipinski definition) is 3. The van der Waals surface area contributed by atoms with Gasteiger partial charge in [-0.3, -0.25) is 0 Å². The molecular weight excluding hydrogens is 250 g/mol. The number of aryl methyl sites for hydroxylation is 1. The Morgan fingerprint density at radius 3 is 1.90 bits per heavy atom. The Hall–Kier alpha value is -1.38. The van der Waals surface area contributed by atoms with E-state index in [0.717, 1.165) is 22.7 Å². The molecule has 1 aliphatic rings. The minimum absolute atomic E-state index is 0.529. The van der Waals surface area contributed by atoms with Gasteiger partial charge in [-0.05, 0) is 37.5 Å². The van der Waals surface area contributed by atoms with Crippen molar-refractivity contribution in [2.24, 2.45) is 0 Å². The smallest absolute Gasteiger partial charge is 0.146 e. The van der Waals surface area contributed by atoms with E-state index >= 15 is 0 Å². The zero-order valence-electron chi connectivity index (χ0n) is 13.0. The molecule has 3 heteroatoms. The summed E-state index contributed by atoms with van der Waals surface area (Å²) in [5.74, 6) is 1.76. The Morgan fingerprint density at radius 1 is 0.900 bits per heavy atom. The van der Waals surface area contributed by atoms with Gasteiger partial charge >= 0.3 is 0 Å². The van der Waals surface area contributed by atoms with Crippen molar-refractivity contribution in [3.05, 3.63) is 17.7 Å². The van der Waals surface area contributed by atoms with E-state index in [1.807, 2.05) is 0 Å². The van der Waals surface area contributed by atoms with Gasteiger partial charge < -0.3 is 14.8 Å². The lowest BCUT2D eigenvalue weighted by atomic mass is 9.96. The lowest BCUT2D eigenvalue weighted by Crippen LogP contribution is -2.21. The number of anilines is 1. The van der Waals surface area contributed by atoms with E-state index in [2.05, 4.69) is 24.4 Å². The van der Waals surface area contributed by atoms with Crippen LogP contribution in [-0.4, -0.2) is 20.3 Å². The van der Waals surface area contributed by atoms with Crippen molar-refractivity contribution in [3.63, 3.8) is 0 Å². The van der Waals surface area contributed by atoms with Gasteiger partial charge in [-0.2, -0.15) is 0 Å². The Bertz CT molecular complexity index is 398. The van der Waals surface area contributed by atoms with Crippen LogP contribution in [0.15, 0.2) is 12.1 Å². The van der Waals surface area contributed by atoms with Gasteiger partial charge in [-0.25, -0.2) is 0 Å². The highest BCUT2D eigenvalue weighted by molar-refractivity contribution is 5.67. The molecule has 0 aromatic heterocycles. The molecule has 1 aliphatic carbocycles. The molecule has 112 valence electrons. The highest BCUT2D eigenvalue weighted by Crippen LogP contribution is 2.37. The number of hydrogen-bond donors (Lipinski definition) is 1. The summed E-state index contributed by atoms with van der Waals surface area (Å²) in [6.07, 6.45) is 9.22. The van der Waals surface area contributed by atoms with Crippen molar-refractivity contribution >= 4 is 5.69 Å². The van der Waals surface area contributed by atoms with E-state index in [-0.39, 0.29) is 0 Å². The van der Waals surface area contributed by atoms with Crippen molar-refractivity contribution in [1.29, 1.82) is 0 Å². The van der Waals surface area contributed by atoms with Gasteiger partial charge in [-0.1, -0.05) is 32.1 Å². The average molecular weight is 277 g/mol. The van der Waals surface area contributed by atoms with Crippen LogP contribution < -0.4 is 14.8 Å². The predicted molar refractivity (Wildman–Crippen MR) is 84.0 cm³/mol. The molecule has 1 aromatic carbocycles. The normalized spacial score (nSPS) is 17.1. The third kappa shape index (κ3) is 3.81. The second-order valence-electron chi connectivity index (χ2n) is 5.73. The average Bonchev–Trinajstić information content (AvgIpc) is 2.42. The Morgan fingerprint density at radius 2 is 1.40 bits per heavy atom. The summed E-state index contributed by atoms with van der Waals surface area (Å²) in [5.41, 5.74) is 2.16. The van der Waals surface area contributed by atoms with Crippen molar-refractivity contribution in [2.75, 3.05) is 19.5 Å². The highest BCUT2D eigenvalue weighted by Gasteiger charge is 2.17. The van der Waals surface area contributed by atoms with Crippen LogP contribution in [0.1, 0.15) is 50.5 Å². The van der Waals surface area contributed by atoms with E-state index in [4.69, 9.17) is 9.47 Å². The van der Waals surface area contributed by atoms with E-state index < -0.39 is 0 Å². The summed E-state index contributed by atoms with van der Waals surface area (Å²) in [6.45, 7) is 2.06. The first-order chi connectivity index (χ1) is 9.74. The summed E-state index contributed by atoms with van der Waals surface area (Å²) in [6, 6.07) is 4.66. The van der Waals surface area contributed by atoms with Crippen LogP contribution >= 0.6 is 0 Å². The zero-order valence-corrected chi connectivity index (χ0v) is 13.0. The summed E-state index contributed by atoms with van der Waals surface area (Å²) < 4.78 is 11.0. The molecule has 1 saturated carbocycles. The van der Waals surface area contributed by atoms with Gasteiger partial charge in [0.2, 0.25) is 0 Å². The fourth-order valence-electron chi connectivity index (χ4n) is 2.99. The molecule has 1 fully saturated rings. The van der Waals surface area contributed by atoms with E-state index in [0.29, 0.717) is 6.04 Å². The van der Waals surface area contributed by atoms with Crippen LogP contribution in [0.4, 0.5) is 5.69 Å². The molecule has 0 saturated heterocycles. The molecule has 1 N–H and O–H groups in total. The van der Waals surface area contributed by atoms with Crippen molar-refractivity contribution in [1.82, 2.24) is 0 Å². The van der Waals surface area contributed by atoms with E-state index in [1.165, 1.54) is 44.9 Å². The molecule has 3 nitrogen and oxygen atoms in total. The molecule has 0 heterocycles. The first-order valence-electron chi connectivity index (χ1n) is 7.73. The number of methoxy groups -OCH3 is 2. The number of rotatable bonds is 4. The number of nitrogens with one attached hydrogen (secondary N) is 1. The SMILES string of the molecule is COc1cc(C)cc(OC)c1NC1CCCCCCC1. The van der Waals surface area contributed by atoms with Gasteiger partial charge in [0.05, 0.1) is 14.2 Å². The standard InChI is InChI=1S/C17H27NO2/c1-13-11-15(19-2)17(16(12-13)20-3)18-14-9-7-5-4-6-8-10-14/h11-12,14,18H,4-10H2,1-3H3. The fourth-order valence-corrected chi connectivity index (χ4v) is 2.99. The highest BCUT2D eigenvalue weighted by atomic mass is 16.5. The first kappa shape index (κ1) is 15.0. The quantitative estimate of drug-likeness (QED) is 0.876. The Balaban J connectivity index is 2.17. The fraction of sp³-hybridized carbons (Fsp3) is 0.647. The molecule has 0 bridgehead atoms. The molecule has 0 spiro atoms. The summed E-state index contributed by atoms with van der Waals surface area (Å²) in [4.78, 5) is 0. The van der Waals surface area contributed by atoms with Crippen LogP contribution in [-0.2, 0) is 0 Å². The van der Waals surface area contributed by atoms with Crippen molar-refractivity contribution < 1.29 is 9.47 Å².